The number of rotatable bonds is 7. The molecular formula is C13H19N3O3S. The molecule has 0 aliphatic carbocycles. The first kappa shape index (κ1) is 16.3. The molecule has 0 saturated carbocycles. The lowest BCUT2D eigenvalue weighted by Crippen LogP contribution is -2.46. The molecule has 1 unspecified atom stereocenters. The van der Waals surface area contributed by atoms with Gasteiger partial charge in [-0.2, -0.15) is 11.8 Å². The number of amides is 2. The minimum Gasteiger partial charge on any atom is -0.480 e. The van der Waals surface area contributed by atoms with Crippen LogP contribution in [0.3, 0.4) is 0 Å². The predicted molar refractivity (Wildman–Crippen MR) is 78.8 cm³/mol. The van der Waals surface area contributed by atoms with Crippen LogP contribution in [0.1, 0.15) is 17.8 Å². The second kappa shape index (κ2) is 8.42. The largest absolute Gasteiger partial charge is 0.480 e. The van der Waals surface area contributed by atoms with E-state index in [1.807, 2.05) is 25.3 Å². The van der Waals surface area contributed by atoms with Crippen molar-refractivity contribution >= 4 is 23.8 Å². The molecule has 2 amide bonds. The minimum atomic E-state index is -1.03. The molecule has 0 spiro atoms. The van der Waals surface area contributed by atoms with Gasteiger partial charge in [0.05, 0.1) is 12.2 Å². The molecule has 0 radical (unpaired) electrons. The van der Waals surface area contributed by atoms with Crippen molar-refractivity contribution in [2.24, 2.45) is 0 Å². The normalized spacial score (nSPS) is 11.7. The molecule has 110 valence electrons. The first-order valence-electron chi connectivity index (χ1n) is 6.21. The highest BCUT2D eigenvalue weighted by atomic mass is 32.2. The van der Waals surface area contributed by atoms with Gasteiger partial charge in [-0.1, -0.05) is 6.07 Å². The van der Waals surface area contributed by atoms with Gasteiger partial charge in [0.2, 0.25) is 0 Å². The number of pyridine rings is 1. The highest BCUT2D eigenvalue weighted by molar-refractivity contribution is 7.98. The SMILES string of the molecule is CSCCC(NC(=O)NCc1cccc(C)n1)C(=O)O. The van der Waals surface area contributed by atoms with Crippen LogP contribution in [0, 0.1) is 6.92 Å². The minimum absolute atomic E-state index is 0.266. The quantitative estimate of drug-likeness (QED) is 0.707. The number of urea groups is 1. The second-order valence-corrected chi connectivity index (χ2v) is 5.26. The van der Waals surface area contributed by atoms with E-state index in [1.54, 1.807) is 17.8 Å². The van der Waals surface area contributed by atoms with Crippen LogP contribution in [0.25, 0.3) is 0 Å². The Morgan fingerprint density at radius 3 is 2.80 bits per heavy atom. The number of nitrogens with one attached hydrogen (secondary N) is 2. The molecule has 1 aromatic rings. The van der Waals surface area contributed by atoms with Gasteiger partial charge in [-0.3, -0.25) is 4.98 Å². The lowest BCUT2D eigenvalue weighted by molar-refractivity contribution is -0.139. The van der Waals surface area contributed by atoms with Crippen molar-refractivity contribution in [2.45, 2.75) is 25.9 Å². The van der Waals surface area contributed by atoms with Gasteiger partial charge in [-0.05, 0) is 37.5 Å². The van der Waals surface area contributed by atoms with Crippen LogP contribution >= 0.6 is 11.8 Å². The van der Waals surface area contributed by atoms with E-state index in [9.17, 15) is 9.59 Å². The molecule has 6 nitrogen and oxygen atoms in total. The molecule has 0 bridgehead atoms. The lowest BCUT2D eigenvalue weighted by Gasteiger charge is -2.14. The summed E-state index contributed by atoms with van der Waals surface area (Å²) in [6.45, 7) is 2.13. The molecule has 1 atom stereocenters. The van der Waals surface area contributed by atoms with Gasteiger partial charge in [0.25, 0.3) is 0 Å². The Morgan fingerprint density at radius 2 is 2.20 bits per heavy atom. The van der Waals surface area contributed by atoms with Crippen molar-refractivity contribution in [1.29, 1.82) is 0 Å². The van der Waals surface area contributed by atoms with E-state index in [0.717, 1.165) is 11.4 Å². The van der Waals surface area contributed by atoms with Crippen LogP contribution in [0.4, 0.5) is 4.79 Å². The van der Waals surface area contributed by atoms with E-state index in [0.29, 0.717) is 12.2 Å². The molecule has 0 saturated heterocycles. The van der Waals surface area contributed by atoms with Crippen LogP contribution in [0.5, 0.6) is 0 Å². The van der Waals surface area contributed by atoms with Crippen LogP contribution in [0.15, 0.2) is 18.2 Å². The number of thioether (sulfide) groups is 1. The number of carboxylic acid groups (broad SMARTS) is 1. The summed E-state index contributed by atoms with van der Waals surface area (Å²) in [6.07, 6.45) is 2.29. The molecular weight excluding hydrogens is 278 g/mol. The maximum Gasteiger partial charge on any atom is 0.326 e. The Bertz CT molecular complexity index is 468. The lowest BCUT2D eigenvalue weighted by atomic mass is 10.2. The third-order valence-corrected chi connectivity index (χ3v) is 3.23. The number of aryl methyl sites for hydroxylation is 1. The predicted octanol–water partition coefficient (Wildman–Crippen LogP) is 1.40. The number of aliphatic carboxylic acids is 1. The maximum absolute atomic E-state index is 11.7. The van der Waals surface area contributed by atoms with Crippen molar-refractivity contribution in [3.05, 3.63) is 29.6 Å². The summed E-state index contributed by atoms with van der Waals surface area (Å²) >= 11 is 1.54. The molecule has 0 aliphatic rings. The Balaban J connectivity index is 2.43. The smallest absolute Gasteiger partial charge is 0.326 e. The third-order valence-electron chi connectivity index (χ3n) is 2.59. The average Bonchev–Trinajstić information content (AvgIpc) is 2.41. The van der Waals surface area contributed by atoms with Crippen molar-refractivity contribution in [1.82, 2.24) is 15.6 Å². The number of carboxylic acids is 1. The Hall–Kier alpha value is -1.76. The molecule has 1 rings (SSSR count). The number of carbonyl (C=O) groups excluding carboxylic acids is 1. The fourth-order valence-corrected chi connectivity index (χ4v) is 2.04. The van der Waals surface area contributed by atoms with Crippen LogP contribution in [-0.4, -0.2) is 40.1 Å². The number of aromatic nitrogens is 1. The summed E-state index contributed by atoms with van der Waals surface area (Å²) in [5.41, 5.74) is 1.60. The Morgan fingerprint density at radius 1 is 1.45 bits per heavy atom. The van der Waals surface area contributed by atoms with E-state index in [1.165, 1.54) is 0 Å². The Kier molecular flexibility index (Phi) is 6.86. The topological polar surface area (TPSA) is 91.3 Å². The number of hydrogen-bond acceptors (Lipinski definition) is 4. The Labute approximate surface area is 122 Å². The molecule has 3 N–H and O–H groups in total. The van der Waals surface area contributed by atoms with Crippen molar-refractivity contribution in [3.8, 4) is 0 Å². The molecule has 7 heteroatoms. The van der Waals surface area contributed by atoms with Crippen LogP contribution in [-0.2, 0) is 11.3 Å². The average molecular weight is 297 g/mol. The number of hydrogen-bond donors (Lipinski definition) is 3. The maximum atomic E-state index is 11.7. The summed E-state index contributed by atoms with van der Waals surface area (Å²) < 4.78 is 0. The van der Waals surface area contributed by atoms with Crippen molar-refractivity contribution in [3.63, 3.8) is 0 Å². The van der Waals surface area contributed by atoms with Gasteiger partial charge in [0, 0.05) is 5.69 Å². The first-order chi connectivity index (χ1) is 9.52. The molecule has 1 heterocycles. The molecule has 0 aliphatic heterocycles. The van der Waals surface area contributed by atoms with Gasteiger partial charge in [-0.25, -0.2) is 9.59 Å². The summed E-state index contributed by atoms with van der Waals surface area (Å²) in [5, 5.41) is 14.1. The second-order valence-electron chi connectivity index (χ2n) is 4.27. The zero-order valence-corrected chi connectivity index (χ0v) is 12.4. The first-order valence-corrected chi connectivity index (χ1v) is 7.61. The fourth-order valence-electron chi connectivity index (χ4n) is 1.57. The summed E-state index contributed by atoms with van der Waals surface area (Å²) in [4.78, 5) is 26.9. The highest BCUT2D eigenvalue weighted by Gasteiger charge is 2.18. The third kappa shape index (κ3) is 5.92. The summed E-state index contributed by atoms with van der Waals surface area (Å²) in [5.74, 6) is -0.348. The highest BCUT2D eigenvalue weighted by Crippen LogP contribution is 2.01. The fraction of sp³-hybridized carbons (Fsp3) is 0.462. The summed E-state index contributed by atoms with van der Waals surface area (Å²) in [6, 6.07) is 4.16. The monoisotopic (exact) mass is 297 g/mol. The van der Waals surface area contributed by atoms with Gasteiger partial charge in [-0.15, -0.1) is 0 Å². The number of nitrogens with zero attached hydrogens (tertiary/aromatic N) is 1. The molecule has 0 fully saturated rings. The van der Waals surface area contributed by atoms with Gasteiger partial charge < -0.3 is 15.7 Å². The van der Waals surface area contributed by atoms with Crippen molar-refractivity contribution < 1.29 is 14.7 Å². The standard InChI is InChI=1S/C13H19N3O3S/c1-9-4-3-5-10(15-9)8-14-13(19)16-11(12(17)18)6-7-20-2/h3-5,11H,6-8H2,1-2H3,(H,17,18)(H2,14,16,19). The van der Waals surface area contributed by atoms with Gasteiger partial charge in [0.15, 0.2) is 0 Å². The van der Waals surface area contributed by atoms with Gasteiger partial charge in [0.1, 0.15) is 6.04 Å². The van der Waals surface area contributed by atoms with Crippen LogP contribution < -0.4 is 10.6 Å². The molecule has 20 heavy (non-hydrogen) atoms. The van der Waals surface area contributed by atoms with E-state index in [4.69, 9.17) is 5.11 Å². The van der Waals surface area contributed by atoms with E-state index in [-0.39, 0.29) is 6.54 Å². The van der Waals surface area contributed by atoms with E-state index in [2.05, 4.69) is 15.6 Å². The number of carbonyl (C=O) groups is 2. The van der Waals surface area contributed by atoms with E-state index < -0.39 is 18.0 Å². The van der Waals surface area contributed by atoms with E-state index >= 15 is 0 Å². The van der Waals surface area contributed by atoms with Gasteiger partial charge >= 0.3 is 12.0 Å². The zero-order valence-electron chi connectivity index (χ0n) is 11.5. The molecule has 1 aromatic heterocycles. The van der Waals surface area contributed by atoms with Crippen LogP contribution in [0.2, 0.25) is 0 Å². The van der Waals surface area contributed by atoms with Crippen molar-refractivity contribution in [2.75, 3.05) is 12.0 Å². The zero-order chi connectivity index (χ0) is 15.0. The summed E-state index contributed by atoms with van der Waals surface area (Å²) in [7, 11) is 0. The molecule has 0 aromatic carbocycles.